The SMILES string of the molecule is CCOC(=O)N1CCC(NC)(N(C)C(=O)C2=C(O)C(=O)C(c3nnc(Cc4ccc(F)cc4)s3)=C[NH2+]2)CC1. The molecule has 1 aromatic heterocycles. The Labute approximate surface area is 223 Å². The molecule has 3 heterocycles. The number of Topliss-reactive ketones (excluding diaryl/α,β-unsaturated/α-hetero) is 1. The van der Waals surface area contributed by atoms with E-state index in [1.807, 2.05) is 0 Å². The third-order valence-electron chi connectivity index (χ3n) is 6.86. The molecule has 2 aliphatic heterocycles. The van der Waals surface area contributed by atoms with E-state index in [1.165, 1.54) is 39.9 Å². The summed E-state index contributed by atoms with van der Waals surface area (Å²) in [7, 11) is 3.33. The topological polar surface area (TPSA) is 142 Å². The highest BCUT2D eigenvalue weighted by atomic mass is 32.1. The van der Waals surface area contributed by atoms with Crippen molar-refractivity contribution < 1.29 is 33.9 Å². The first-order valence-corrected chi connectivity index (χ1v) is 13.0. The molecular weight excluding hydrogens is 515 g/mol. The van der Waals surface area contributed by atoms with Gasteiger partial charge in [0.25, 0.3) is 0 Å². The maximum absolute atomic E-state index is 13.4. The Morgan fingerprint density at radius 2 is 1.95 bits per heavy atom. The summed E-state index contributed by atoms with van der Waals surface area (Å²) in [5, 5.41) is 24.4. The van der Waals surface area contributed by atoms with Gasteiger partial charge in [0.05, 0.1) is 12.3 Å². The molecule has 4 N–H and O–H groups in total. The lowest BCUT2D eigenvalue weighted by Gasteiger charge is -2.46. The number of aliphatic hydroxyl groups excluding tert-OH is 1. The summed E-state index contributed by atoms with van der Waals surface area (Å²) in [4.78, 5) is 41.6. The Kier molecular flexibility index (Phi) is 8.19. The number of allylic oxidation sites excluding steroid dienone is 1. The number of hydrogen-bond donors (Lipinski definition) is 3. The van der Waals surface area contributed by atoms with E-state index in [-0.39, 0.29) is 23.7 Å². The van der Waals surface area contributed by atoms with Gasteiger partial charge < -0.3 is 19.6 Å². The fourth-order valence-electron chi connectivity index (χ4n) is 4.53. The Hall–Kier alpha value is -3.68. The molecule has 0 radical (unpaired) electrons. The number of amides is 2. The largest absolute Gasteiger partial charge is 0.500 e. The number of ketones is 1. The van der Waals surface area contributed by atoms with E-state index in [9.17, 15) is 23.9 Å². The average Bonchev–Trinajstić information content (AvgIpc) is 3.39. The first-order chi connectivity index (χ1) is 18.2. The van der Waals surface area contributed by atoms with Gasteiger partial charge >= 0.3 is 12.0 Å². The van der Waals surface area contributed by atoms with Crippen LogP contribution in [0, 0.1) is 5.82 Å². The molecule has 2 aromatic rings. The third kappa shape index (κ3) is 5.44. The van der Waals surface area contributed by atoms with Gasteiger partial charge in [0, 0.05) is 39.4 Å². The van der Waals surface area contributed by atoms with Crippen molar-refractivity contribution in [2.75, 3.05) is 33.8 Å². The zero-order valence-electron chi connectivity index (χ0n) is 21.4. The summed E-state index contributed by atoms with van der Waals surface area (Å²) in [6.45, 7) is 2.79. The van der Waals surface area contributed by atoms with Crippen molar-refractivity contribution in [1.29, 1.82) is 0 Å². The number of likely N-dealkylation sites (N-methyl/N-ethyl adjacent to an activating group) is 1. The van der Waals surface area contributed by atoms with Crippen molar-refractivity contribution in [2.24, 2.45) is 0 Å². The summed E-state index contributed by atoms with van der Waals surface area (Å²) < 4.78 is 18.2. The lowest BCUT2D eigenvalue weighted by molar-refractivity contribution is -0.531. The molecule has 1 fully saturated rings. The molecule has 202 valence electrons. The quantitative estimate of drug-likeness (QED) is 0.440. The number of carbonyl (C=O) groups excluding carboxylic acids is 3. The number of likely N-dealkylation sites (tertiary alicyclic amines) is 1. The zero-order chi connectivity index (χ0) is 27.4. The first-order valence-electron chi connectivity index (χ1n) is 12.2. The number of aliphatic hydroxyl groups is 1. The van der Waals surface area contributed by atoms with Crippen LogP contribution < -0.4 is 10.6 Å². The Morgan fingerprint density at radius 3 is 2.58 bits per heavy atom. The van der Waals surface area contributed by atoms with Crippen molar-refractivity contribution in [3.8, 4) is 0 Å². The molecule has 0 unspecified atom stereocenters. The standard InChI is InChI=1S/C25H29FN6O5S/c1-4-37-24(36)32-11-9-25(27-2,10-12-32)31(3)23(35)19-21(34)20(33)17(14-28-19)22-30-29-18(38-22)13-15-5-7-16(26)8-6-15/h5-8,14,27,34H,4,9-13H2,1-3H3,(H,28,33)/p+1. The molecule has 11 nitrogen and oxygen atoms in total. The Bertz CT molecular complexity index is 1280. The molecule has 4 rings (SSSR count). The smallest absolute Gasteiger partial charge is 0.409 e. The molecule has 0 bridgehead atoms. The number of carbonyl (C=O) groups is 3. The molecule has 13 heteroatoms. The van der Waals surface area contributed by atoms with Gasteiger partial charge in [-0.1, -0.05) is 23.5 Å². The summed E-state index contributed by atoms with van der Waals surface area (Å²) >= 11 is 1.19. The minimum atomic E-state index is -0.775. The molecule has 38 heavy (non-hydrogen) atoms. The predicted octanol–water partition coefficient (Wildman–Crippen LogP) is 1.15. The second-order valence-corrected chi connectivity index (χ2v) is 10.0. The second kappa shape index (κ2) is 11.4. The maximum Gasteiger partial charge on any atom is 0.409 e. The highest BCUT2D eigenvalue weighted by Gasteiger charge is 2.44. The van der Waals surface area contributed by atoms with E-state index in [4.69, 9.17) is 4.74 Å². The maximum atomic E-state index is 13.4. The molecule has 0 aliphatic carbocycles. The van der Waals surface area contributed by atoms with Crippen LogP contribution >= 0.6 is 11.3 Å². The van der Waals surface area contributed by atoms with E-state index in [0.29, 0.717) is 42.4 Å². The molecule has 2 aliphatic rings. The van der Waals surface area contributed by atoms with Gasteiger partial charge in [-0.2, -0.15) is 0 Å². The van der Waals surface area contributed by atoms with E-state index in [2.05, 4.69) is 15.5 Å². The van der Waals surface area contributed by atoms with Crippen LogP contribution in [-0.4, -0.2) is 82.3 Å². The number of hydrogen-bond acceptors (Lipinski definition) is 9. The van der Waals surface area contributed by atoms with Gasteiger partial charge in [-0.05, 0) is 31.7 Å². The summed E-state index contributed by atoms with van der Waals surface area (Å²) in [5.41, 5.74) is 0.0770. The second-order valence-electron chi connectivity index (χ2n) is 8.97. The number of piperidine rings is 1. The van der Waals surface area contributed by atoms with Gasteiger partial charge in [-0.25, -0.2) is 9.18 Å². The predicted molar refractivity (Wildman–Crippen MR) is 136 cm³/mol. The summed E-state index contributed by atoms with van der Waals surface area (Å²) in [5.74, 6) is -2.24. The van der Waals surface area contributed by atoms with E-state index < -0.39 is 29.2 Å². The zero-order valence-corrected chi connectivity index (χ0v) is 22.2. The number of aromatic nitrogens is 2. The van der Waals surface area contributed by atoms with Crippen LogP contribution in [0.2, 0.25) is 0 Å². The fraction of sp³-hybridized carbons (Fsp3) is 0.400. The number of nitrogens with one attached hydrogen (secondary N) is 1. The highest BCUT2D eigenvalue weighted by Crippen LogP contribution is 2.29. The number of halogens is 1. The number of benzene rings is 1. The molecule has 0 atom stereocenters. The van der Waals surface area contributed by atoms with Crippen LogP contribution in [0.25, 0.3) is 5.57 Å². The molecule has 2 amide bonds. The number of rotatable bonds is 7. The Morgan fingerprint density at radius 1 is 1.26 bits per heavy atom. The molecule has 1 saturated heterocycles. The van der Waals surface area contributed by atoms with Crippen LogP contribution in [0.15, 0.2) is 41.9 Å². The van der Waals surface area contributed by atoms with Crippen molar-refractivity contribution in [2.45, 2.75) is 31.8 Å². The van der Waals surface area contributed by atoms with Crippen LogP contribution in [0.4, 0.5) is 9.18 Å². The number of nitrogens with zero attached hydrogens (tertiary/aromatic N) is 4. The highest BCUT2D eigenvalue weighted by molar-refractivity contribution is 7.12. The van der Waals surface area contributed by atoms with Gasteiger partial charge in [-0.15, -0.1) is 10.2 Å². The van der Waals surface area contributed by atoms with E-state index >= 15 is 0 Å². The van der Waals surface area contributed by atoms with E-state index in [1.54, 1.807) is 38.1 Å². The molecule has 1 aromatic carbocycles. The first kappa shape index (κ1) is 27.4. The van der Waals surface area contributed by atoms with Crippen molar-refractivity contribution in [3.05, 3.63) is 63.3 Å². The van der Waals surface area contributed by atoms with Crippen molar-refractivity contribution in [3.63, 3.8) is 0 Å². The molecule has 0 saturated carbocycles. The normalized spacial score (nSPS) is 17.3. The van der Waals surface area contributed by atoms with Crippen LogP contribution in [0.1, 0.15) is 35.3 Å². The van der Waals surface area contributed by atoms with E-state index in [0.717, 1.165) is 5.56 Å². The van der Waals surface area contributed by atoms with Crippen LogP contribution in [-0.2, 0) is 20.7 Å². The molecular formula is C25H30FN6O5S+. The monoisotopic (exact) mass is 545 g/mol. The lowest BCUT2D eigenvalue weighted by atomic mass is 9.94. The van der Waals surface area contributed by atoms with Crippen molar-refractivity contribution in [1.82, 2.24) is 25.3 Å². The number of quaternary nitrogens is 1. The van der Waals surface area contributed by atoms with Gasteiger partial charge in [0.1, 0.15) is 22.6 Å². The minimum absolute atomic E-state index is 0.125. The van der Waals surface area contributed by atoms with Crippen LogP contribution in [0.5, 0.6) is 0 Å². The van der Waals surface area contributed by atoms with Crippen LogP contribution in [0.3, 0.4) is 0 Å². The van der Waals surface area contributed by atoms with Crippen molar-refractivity contribution >= 4 is 34.7 Å². The third-order valence-corrected chi connectivity index (χ3v) is 7.81. The number of ether oxygens (including phenoxy) is 1. The Balaban J connectivity index is 1.45. The minimum Gasteiger partial charge on any atom is -0.500 e. The lowest BCUT2D eigenvalue weighted by Crippen LogP contribution is -2.81. The fourth-order valence-corrected chi connectivity index (χ4v) is 5.42. The summed E-state index contributed by atoms with van der Waals surface area (Å²) in [6, 6.07) is 6.02. The average molecular weight is 546 g/mol. The van der Waals surface area contributed by atoms with Gasteiger partial charge in [-0.3, -0.25) is 20.2 Å². The number of nitrogens with two attached hydrogens (primary N) is 1. The molecule has 0 spiro atoms. The van der Waals surface area contributed by atoms with Gasteiger partial charge in [0.15, 0.2) is 5.01 Å². The summed E-state index contributed by atoms with van der Waals surface area (Å²) in [6.07, 6.45) is 2.36. The van der Waals surface area contributed by atoms with Gasteiger partial charge in [0.2, 0.25) is 17.2 Å².